The molecule has 0 aliphatic rings. The van der Waals surface area contributed by atoms with Crippen LogP contribution in [-0.2, 0) is 13.2 Å². The molecule has 0 bridgehead atoms. The molecule has 5 heteroatoms. The van der Waals surface area contributed by atoms with Gasteiger partial charge in [0.15, 0.2) is 5.75 Å². The molecule has 2 N–H and O–H groups in total. The van der Waals surface area contributed by atoms with E-state index in [-0.39, 0.29) is 0 Å². The van der Waals surface area contributed by atoms with Crippen molar-refractivity contribution in [1.82, 2.24) is 9.78 Å². The Labute approximate surface area is 100 Å². The van der Waals surface area contributed by atoms with E-state index in [0.717, 1.165) is 17.3 Å². The predicted molar refractivity (Wildman–Crippen MR) is 63.5 cm³/mol. The van der Waals surface area contributed by atoms with Gasteiger partial charge in [-0.25, -0.2) is 0 Å². The van der Waals surface area contributed by atoms with Crippen molar-refractivity contribution in [1.29, 1.82) is 0 Å². The number of hydrogen-bond donors (Lipinski definition) is 1. The first kappa shape index (κ1) is 11.7. The second-order valence-electron chi connectivity index (χ2n) is 4.11. The van der Waals surface area contributed by atoms with Crippen LogP contribution in [0.15, 0.2) is 28.9 Å². The van der Waals surface area contributed by atoms with Gasteiger partial charge in [0.05, 0.1) is 18.9 Å². The van der Waals surface area contributed by atoms with Crippen LogP contribution < -0.4 is 10.5 Å². The Hall–Kier alpha value is -1.75. The first-order chi connectivity index (χ1) is 8.19. The van der Waals surface area contributed by atoms with Gasteiger partial charge in [0.1, 0.15) is 18.1 Å². The highest BCUT2D eigenvalue weighted by atomic mass is 16.5. The molecular formula is C12H17N3O2. The van der Waals surface area contributed by atoms with Crippen molar-refractivity contribution in [3.63, 3.8) is 0 Å². The van der Waals surface area contributed by atoms with Crippen LogP contribution in [-0.4, -0.2) is 9.78 Å². The number of hydrogen-bond acceptors (Lipinski definition) is 4. The zero-order valence-corrected chi connectivity index (χ0v) is 10.1. The smallest absolute Gasteiger partial charge is 0.157 e. The number of nitrogens with two attached hydrogens (primary N) is 1. The van der Waals surface area contributed by atoms with Gasteiger partial charge in [-0.3, -0.25) is 4.68 Å². The van der Waals surface area contributed by atoms with E-state index in [0.29, 0.717) is 19.2 Å². The molecule has 0 aliphatic heterocycles. The van der Waals surface area contributed by atoms with Crippen LogP contribution >= 0.6 is 0 Å². The van der Waals surface area contributed by atoms with Crippen LogP contribution in [0.2, 0.25) is 0 Å². The summed E-state index contributed by atoms with van der Waals surface area (Å²) in [5.41, 5.74) is 5.46. The standard InChI is InChI=1S/C12H17N3O2/c1-9(2)15-7-12(6-14-15)16-8-11-4-3-10(5-13)17-11/h3-4,6-7,9H,5,8,13H2,1-2H3. The fourth-order valence-electron chi connectivity index (χ4n) is 1.44. The van der Waals surface area contributed by atoms with E-state index in [1.807, 2.05) is 23.0 Å². The minimum absolute atomic E-state index is 0.333. The second kappa shape index (κ2) is 5.05. The molecule has 2 rings (SSSR count). The lowest BCUT2D eigenvalue weighted by atomic mass is 10.4. The molecular weight excluding hydrogens is 218 g/mol. The molecule has 0 radical (unpaired) electrons. The molecule has 0 fully saturated rings. The summed E-state index contributed by atoms with van der Waals surface area (Å²) in [6.45, 7) is 4.93. The van der Waals surface area contributed by atoms with E-state index in [4.69, 9.17) is 14.9 Å². The fourth-order valence-corrected chi connectivity index (χ4v) is 1.44. The Morgan fingerprint density at radius 2 is 2.18 bits per heavy atom. The van der Waals surface area contributed by atoms with Gasteiger partial charge in [0.25, 0.3) is 0 Å². The first-order valence-electron chi connectivity index (χ1n) is 5.63. The highest BCUT2D eigenvalue weighted by molar-refractivity contribution is 5.13. The van der Waals surface area contributed by atoms with Gasteiger partial charge in [-0.1, -0.05) is 0 Å². The monoisotopic (exact) mass is 235 g/mol. The molecule has 17 heavy (non-hydrogen) atoms. The Bertz CT molecular complexity index is 474. The van der Waals surface area contributed by atoms with Crippen LogP contribution in [0, 0.1) is 0 Å². The quantitative estimate of drug-likeness (QED) is 0.861. The average molecular weight is 235 g/mol. The fraction of sp³-hybridized carbons (Fsp3) is 0.417. The van der Waals surface area contributed by atoms with Crippen LogP contribution in [0.5, 0.6) is 5.75 Å². The molecule has 5 nitrogen and oxygen atoms in total. The van der Waals surface area contributed by atoms with Gasteiger partial charge < -0.3 is 14.9 Å². The number of furan rings is 1. The van der Waals surface area contributed by atoms with Crippen LogP contribution in [0.3, 0.4) is 0 Å². The second-order valence-corrected chi connectivity index (χ2v) is 4.11. The molecule has 0 spiro atoms. The maximum atomic E-state index is 5.56. The SMILES string of the molecule is CC(C)n1cc(OCc2ccc(CN)o2)cn1. The topological polar surface area (TPSA) is 66.2 Å². The summed E-state index contributed by atoms with van der Waals surface area (Å²) in [6, 6.07) is 4.06. The molecule has 0 atom stereocenters. The summed E-state index contributed by atoms with van der Waals surface area (Å²) < 4.78 is 12.8. The summed E-state index contributed by atoms with van der Waals surface area (Å²) in [6.07, 6.45) is 3.57. The maximum absolute atomic E-state index is 5.56. The van der Waals surface area contributed by atoms with Gasteiger partial charge in [0, 0.05) is 6.04 Å². The van der Waals surface area contributed by atoms with E-state index in [1.165, 1.54) is 0 Å². The minimum Gasteiger partial charge on any atom is -0.482 e. The van der Waals surface area contributed by atoms with E-state index in [2.05, 4.69) is 18.9 Å². The summed E-state index contributed by atoms with van der Waals surface area (Å²) in [4.78, 5) is 0. The number of ether oxygens (including phenoxy) is 1. The lowest BCUT2D eigenvalue weighted by Gasteiger charge is -2.03. The van der Waals surface area contributed by atoms with Crippen molar-refractivity contribution in [3.05, 3.63) is 36.0 Å². The van der Waals surface area contributed by atoms with Gasteiger partial charge in [-0.2, -0.15) is 5.10 Å². The normalized spacial score (nSPS) is 11.1. The Morgan fingerprint density at radius 1 is 1.41 bits per heavy atom. The molecule has 2 heterocycles. The number of nitrogens with zero attached hydrogens (tertiary/aromatic N) is 2. The summed E-state index contributed by atoms with van der Waals surface area (Å²) in [5, 5.41) is 4.19. The zero-order valence-electron chi connectivity index (χ0n) is 10.1. The molecule has 92 valence electrons. The number of rotatable bonds is 5. The zero-order chi connectivity index (χ0) is 12.3. The molecule has 2 aromatic rings. The Balaban J connectivity index is 1.92. The molecule has 2 aromatic heterocycles. The van der Waals surface area contributed by atoms with Crippen molar-refractivity contribution in [2.45, 2.75) is 33.0 Å². The number of aromatic nitrogens is 2. The Morgan fingerprint density at radius 3 is 2.76 bits per heavy atom. The van der Waals surface area contributed by atoms with Crippen molar-refractivity contribution >= 4 is 0 Å². The van der Waals surface area contributed by atoms with Crippen LogP contribution in [0.1, 0.15) is 31.4 Å². The molecule has 0 amide bonds. The van der Waals surface area contributed by atoms with Gasteiger partial charge in [0.2, 0.25) is 0 Å². The molecule has 0 saturated heterocycles. The van der Waals surface area contributed by atoms with E-state index in [1.54, 1.807) is 6.20 Å². The molecule has 0 unspecified atom stereocenters. The summed E-state index contributed by atoms with van der Waals surface area (Å²) in [7, 11) is 0. The molecule has 0 saturated carbocycles. The van der Waals surface area contributed by atoms with Gasteiger partial charge in [-0.05, 0) is 26.0 Å². The van der Waals surface area contributed by atoms with E-state index >= 15 is 0 Å². The van der Waals surface area contributed by atoms with Crippen molar-refractivity contribution < 1.29 is 9.15 Å². The first-order valence-corrected chi connectivity index (χ1v) is 5.63. The third kappa shape index (κ3) is 2.88. The minimum atomic E-state index is 0.333. The van der Waals surface area contributed by atoms with E-state index in [9.17, 15) is 0 Å². The lowest BCUT2D eigenvalue weighted by molar-refractivity contribution is 0.265. The van der Waals surface area contributed by atoms with Crippen molar-refractivity contribution in [2.24, 2.45) is 5.73 Å². The predicted octanol–water partition coefficient (Wildman–Crippen LogP) is 2.09. The van der Waals surface area contributed by atoms with Crippen molar-refractivity contribution in [2.75, 3.05) is 0 Å². The summed E-state index contributed by atoms with van der Waals surface area (Å²) >= 11 is 0. The third-order valence-corrected chi connectivity index (χ3v) is 2.41. The van der Waals surface area contributed by atoms with Crippen molar-refractivity contribution in [3.8, 4) is 5.75 Å². The Kier molecular flexibility index (Phi) is 3.49. The summed E-state index contributed by atoms with van der Waals surface area (Å²) in [5.74, 6) is 2.27. The highest BCUT2D eigenvalue weighted by Crippen LogP contribution is 2.15. The lowest BCUT2D eigenvalue weighted by Crippen LogP contribution is -2.00. The average Bonchev–Trinajstić information content (AvgIpc) is 2.95. The molecule has 0 aromatic carbocycles. The van der Waals surface area contributed by atoms with Gasteiger partial charge in [-0.15, -0.1) is 0 Å². The van der Waals surface area contributed by atoms with E-state index < -0.39 is 0 Å². The third-order valence-electron chi connectivity index (χ3n) is 2.41. The maximum Gasteiger partial charge on any atom is 0.157 e. The highest BCUT2D eigenvalue weighted by Gasteiger charge is 2.05. The van der Waals surface area contributed by atoms with Crippen LogP contribution in [0.25, 0.3) is 0 Å². The van der Waals surface area contributed by atoms with Crippen LogP contribution in [0.4, 0.5) is 0 Å². The van der Waals surface area contributed by atoms with Gasteiger partial charge >= 0.3 is 0 Å². The largest absolute Gasteiger partial charge is 0.482 e. The molecule has 0 aliphatic carbocycles.